The van der Waals surface area contributed by atoms with E-state index in [0.717, 1.165) is 7.57 Å². The molecule has 1 aromatic heterocycles. The molecule has 7 heteroatoms. The molecular weight excluding hydrogens is 422 g/mol. The zero-order valence-corrected chi connectivity index (χ0v) is 14.7. The minimum Gasteiger partial charge on any atom is -0.478 e. The van der Waals surface area contributed by atoms with Crippen LogP contribution in [-0.4, -0.2) is 23.5 Å². The number of thiophene rings is 1. The van der Waals surface area contributed by atoms with Crippen molar-refractivity contribution in [2.75, 3.05) is 6.54 Å². The molecule has 0 atom stereocenters. The van der Waals surface area contributed by atoms with Crippen LogP contribution in [0.1, 0.15) is 26.3 Å². The van der Waals surface area contributed by atoms with Gasteiger partial charge < -0.3 is 10.4 Å². The summed E-state index contributed by atoms with van der Waals surface area (Å²) >= 11 is 8.09. The number of carboxylic acids is 1. The van der Waals surface area contributed by atoms with Crippen molar-refractivity contribution in [2.24, 2.45) is 0 Å². The van der Waals surface area contributed by atoms with Gasteiger partial charge in [0.2, 0.25) is 0 Å². The molecule has 1 heterocycles. The zero-order valence-electron chi connectivity index (χ0n) is 10.7. The molecule has 0 aliphatic heterocycles. The molecule has 110 valence electrons. The van der Waals surface area contributed by atoms with Gasteiger partial charge in [0.05, 0.1) is 18.7 Å². The third kappa shape index (κ3) is 4.15. The molecule has 4 nitrogen and oxygen atoms in total. The molecule has 0 spiro atoms. The lowest BCUT2D eigenvalue weighted by molar-refractivity contribution is 0.0695. The largest absolute Gasteiger partial charge is 0.478 e. The average Bonchev–Trinajstić information content (AvgIpc) is 2.78. The normalized spacial score (nSPS) is 10.4. The topological polar surface area (TPSA) is 66.4 Å². The van der Waals surface area contributed by atoms with Crippen LogP contribution < -0.4 is 5.32 Å². The first-order valence-corrected chi connectivity index (χ1v) is 8.43. The smallest absolute Gasteiger partial charge is 0.335 e. The van der Waals surface area contributed by atoms with Crippen molar-refractivity contribution in [3.05, 3.63) is 54.6 Å². The van der Waals surface area contributed by atoms with E-state index in [0.29, 0.717) is 24.1 Å². The van der Waals surface area contributed by atoms with Gasteiger partial charge >= 0.3 is 5.97 Å². The van der Waals surface area contributed by atoms with Crippen LogP contribution in [0.2, 0.25) is 0 Å². The van der Waals surface area contributed by atoms with E-state index in [-0.39, 0.29) is 11.5 Å². The van der Waals surface area contributed by atoms with Crippen molar-refractivity contribution >= 4 is 55.1 Å². The maximum atomic E-state index is 12.0. The highest BCUT2D eigenvalue weighted by atomic mass is 79.9. The summed E-state index contributed by atoms with van der Waals surface area (Å²) in [5.41, 5.74) is 1.54. The second kappa shape index (κ2) is 7.20. The fraction of sp³-hybridized carbons (Fsp3) is 0.143. The molecule has 1 amide bonds. The van der Waals surface area contributed by atoms with E-state index >= 15 is 0 Å². The molecular formula is C14H11Br2NO3S. The molecule has 2 rings (SSSR count). The van der Waals surface area contributed by atoms with E-state index in [1.807, 2.05) is 0 Å². The van der Waals surface area contributed by atoms with Crippen molar-refractivity contribution in [3.63, 3.8) is 0 Å². The lowest BCUT2D eigenvalue weighted by atomic mass is 10.0. The number of halogens is 2. The second-order valence-electron chi connectivity index (χ2n) is 4.21. The van der Waals surface area contributed by atoms with Gasteiger partial charge in [0.25, 0.3) is 5.91 Å². The number of amides is 1. The Hall–Kier alpha value is -1.18. The van der Waals surface area contributed by atoms with Crippen LogP contribution in [0.3, 0.4) is 0 Å². The number of nitrogens with one attached hydrogen (secondary N) is 1. The Kier molecular flexibility index (Phi) is 5.55. The summed E-state index contributed by atoms with van der Waals surface area (Å²) in [4.78, 5) is 23.1. The minimum absolute atomic E-state index is 0.184. The van der Waals surface area contributed by atoms with Crippen LogP contribution in [0.5, 0.6) is 0 Å². The van der Waals surface area contributed by atoms with Gasteiger partial charge in [-0.1, -0.05) is 18.2 Å². The number of carboxylic acid groups (broad SMARTS) is 1. The number of hydrogen-bond donors (Lipinski definition) is 2. The standard InChI is InChI=1S/C14H11Br2NO3S/c15-11-7-10(12(16)21-11)13(18)17-6-5-8-3-1-2-4-9(8)14(19)20/h1-4,7H,5-6H2,(H,17,18)(H,19,20). The van der Waals surface area contributed by atoms with Crippen LogP contribution in [0.4, 0.5) is 0 Å². The Morgan fingerprint density at radius 1 is 1.19 bits per heavy atom. The quantitative estimate of drug-likeness (QED) is 0.751. The molecule has 0 saturated heterocycles. The molecule has 2 N–H and O–H groups in total. The second-order valence-corrected chi connectivity index (χ2v) is 7.96. The monoisotopic (exact) mass is 431 g/mol. The summed E-state index contributed by atoms with van der Waals surface area (Å²) in [6.45, 7) is 0.378. The van der Waals surface area contributed by atoms with Gasteiger partial charge in [-0.3, -0.25) is 4.79 Å². The van der Waals surface area contributed by atoms with Crippen LogP contribution in [-0.2, 0) is 6.42 Å². The fourth-order valence-corrected chi connectivity index (χ4v) is 4.64. The molecule has 0 radical (unpaired) electrons. The molecule has 0 saturated carbocycles. The summed E-state index contributed by atoms with van der Waals surface area (Å²) < 4.78 is 1.63. The van der Waals surface area contributed by atoms with E-state index in [9.17, 15) is 9.59 Å². The molecule has 0 aliphatic rings. The Morgan fingerprint density at radius 2 is 1.90 bits per heavy atom. The Bertz CT molecular complexity index is 685. The van der Waals surface area contributed by atoms with Gasteiger partial charge in [0.1, 0.15) is 0 Å². The van der Waals surface area contributed by atoms with Gasteiger partial charge in [-0.05, 0) is 56.0 Å². The predicted molar refractivity (Wildman–Crippen MR) is 89.2 cm³/mol. The molecule has 0 bridgehead atoms. The SMILES string of the molecule is O=C(O)c1ccccc1CCNC(=O)c1cc(Br)sc1Br. The Balaban J connectivity index is 1.97. The van der Waals surface area contributed by atoms with Gasteiger partial charge in [-0.25, -0.2) is 4.79 Å². The fourth-order valence-electron chi connectivity index (χ4n) is 1.85. The van der Waals surface area contributed by atoms with Crippen LogP contribution in [0.15, 0.2) is 37.9 Å². The number of rotatable bonds is 5. The number of benzene rings is 1. The molecule has 0 fully saturated rings. The predicted octanol–water partition coefficient (Wildman–Crippen LogP) is 3.94. The molecule has 21 heavy (non-hydrogen) atoms. The third-order valence-electron chi connectivity index (χ3n) is 2.83. The summed E-state index contributed by atoms with van der Waals surface area (Å²) in [7, 11) is 0. The third-order valence-corrected chi connectivity index (χ3v) is 5.17. The molecule has 0 unspecified atom stereocenters. The number of aromatic carboxylic acids is 1. The van der Waals surface area contributed by atoms with Gasteiger partial charge in [0, 0.05) is 6.54 Å². The first kappa shape index (κ1) is 16.2. The summed E-state index contributed by atoms with van der Waals surface area (Å²) in [5.74, 6) is -1.14. The van der Waals surface area contributed by atoms with Gasteiger partial charge in [0.15, 0.2) is 0 Å². The molecule has 0 aliphatic carbocycles. The van der Waals surface area contributed by atoms with Crippen molar-refractivity contribution < 1.29 is 14.7 Å². The minimum atomic E-state index is -0.957. The highest BCUT2D eigenvalue weighted by molar-refractivity contribution is 9.12. The first-order chi connectivity index (χ1) is 9.99. The lowest BCUT2D eigenvalue weighted by Gasteiger charge is -2.07. The van der Waals surface area contributed by atoms with Crippen molar-refractivity contribution in [1.82, 2.24) is 5.32 Å². The van der Waals surface area contributed by atoms with Crippen molar-refractivity contribution in [3.8, 4) is 0 Å². The lowest BCUT2D eigenvalue weighted by Crippen LogP contribution is -2.26. The van der Waals surface area contributed by atoms with E-state index < -0.39 is 5.97 Å². The first-order valence-electron chi connectivity index (χ1n) is 6.03. The average molecular weight is 433 g/mol. The molecule has 1 aromatic carbocycles. The van der Waals surface area contributed by atoms with E-state index in [2.05, 4.69) is 37.2 Å². The van der Waals surface area contributed by atoms with E-state index in [1.165, 1.54) is 11.3 Å². The van der Waals surface area contributed by atoms with Crippen LogP contribution >= 0.6 is 43.2 Å². The molecule has 2 aromatic rings. The van der Waals surface area contributed by atoms with E-state index in [4.69, 9.17) is 5.11 Å². The number of hydrogen-bond acceptors (Lipinski definition) is 3. The number of carbonyl (C=O) groups excluding carboxylic acids is 1. The Labute approximate surface area is 142 Å². The van der Waals surface area contributed by atoms with E-state index in [1.54, 1.807) is 30.3 Å². The highest BCUT2D eigenvalue weighted by Gasteiger charge is 2.14. The highest BCUT2D eigenvalue weighted by Crippen LogP contribution is 2.31. The van der Waals surface area contributed by atoms with Crippen LogP contribution in [0, 0.1) is 0 Å². The maximum absolute atomic E-state index is 12.0. The van der Waals surface area contributed by atoms with Crippen molar-refractivity contribution in [2.45, 2.75) is 6.42 Å². The zero-order chi connectivity index (χ0) is 15.4. The summed E-state index contributed by atoms with van der Waals surface area (Å²) in [5, 5.41) is 11.9. The van der Waals surface area contributed by atoms with Crippen molar-refractivity contribution in [1.29, 1.82) is 0 Å². The summed E-state index contributed by atoms with van der Waals surface area (Å²) in [6, 6.07) is 8.54. The van der Waals surface area contributed by atoms with Gasteiger partial charge in [-0.15, -0.1) is 11.3 Å². The van der Waals surface area contributed by atoms with Gasteiger partial charge in [-0.2, -0.15) is 0 Å². The Morgan fingerprint density at radius 3 is 2.52 bits per heavy atom. The number of carbonyl (C=O) groups is 2. The van der Waals surface area contributed by atoms with Crippen LogP contribution in [0.25, 0.3) is 0 Å². The maximum Gasteiger partial charge on any atom is 0.335 e. The summed E-state index contributed by atoms with van der Waals surface area (Å²) in [6.07, 6.45) is 0.469.